The molecule has 0 aliphatic carbocycles. The summed E-state index contributed by atoms with van der Waals surface area (Å²) in [5.74, 6) is 1.83. The first kappa shape index (κ1) is 80.3. The molecule has 0 aliphatic rings. The lowest BCUT2D eigenvalue weighted by Gasteiger charge is -2.13. The third-order valence-electron chi connectivity index (χ3n) is 27.3. The van der Waals surface area contributed by atoms with Gasteiger partial charge in [0.2, 0.25) is 0 Å². The predicted octanol–water partition coefficient (Wildman–Crippen LogP) is 33.5. The van der Waals surface area contributed by atoms with Crippen LogP contribution in [0.4, 0.5) is 0 Å². The van der Waals surface area contributed by atoms with Gasteiger partial charge >= 0.3 is 0 Å². The van der Waals surface area contributed by atoms with Crippen LogP contribution in [-0.4, -0.2) is 42.4 Å². The first-order valence-corrected chi connectivity index (χ1v) is 47.0. The van der Waals surface area contributed by atoms with Gasteiger partial charge in [-0.1, -0.05) is 340 Å². The topological polar surface area (TPSA) is 68.2 Å². The smallest absolute Gasteiger partial charge is 0.164 e. The second-order valence-corrected chi connectivity index (χ2v) is 35.4. The summed E-state index contributed by atoms with van der Waals surface area (Å²) in [5.41, 5.74) is 33.4. The highest BCUT2D eigenvalue weighted by Crippen LogP contribution is 2.44. The van der Waals surface area contributed by atoms with Crippen molar-refractivity contribution in [2.45, 2.75) is 0 Å². The van der Waals surface area contributed by atoms with Gasteiger partial charge in [0.25, 0.3) is 0 Å². The molecule has 0 N–H and O–H groups in total. The third-order valence-corrected chi connectivity index (χ3v) is 27.3. The summed E-state index contributed by atoms with van der Waals surface area (Å²) in [6, 6.07) is 184. The van der Waals surface area contributed by atoms with E-state index in [1.165, 1.54) is 154 Å². The van der Waals surface area contributed by atoms with Gasteiger partial charge < -0.3 is 27.4 Å². The fraction of sp³-hybridized carbons (Fsp3) is 0. The lowest BCUT2D eigenvalue weighted by atomic mass is 9.93. The molecular weight excluding hydrogens is 1680 g/mol. The Labute approximate surface area is 796 Å². The van der Waals surface area contributed by atoms with Crippen LogP contribution in [0.5, 0.6) is 0 Å². The van der Waals surface area contributed by atoms with Crippen molar-refractivity contribution in [3.8, 4) is 113 Å². The molecule has 7 aromatic heterocycles. The van der Waals surface area contributed by atoms with Crippen molar-refractivity contribution >= 4 is 131 Å². The normalized spacial score (nSPS) is 11.6. The summed E-state index contributed by atoms with van der Waals surface area (Å²) in [5, 5.41) is 14.7. The molecule has 646 valence electrons. The molecule has 138 heavy (non-hydrogen) atoms. The molecule has 0 saturated carbocycles. The van der Waals surface area contributed by atoms with Crippen molar-refractivity contribution < 1.29 is 0 Å². The summed E-state index contributed by atoms with van der Waals surface area (Å²) in [6.07, 6.45) is 0. The Bertz CT molecular complexity index is 9040. The van der Waals surface area contributed by atoms with Gasteiger partial charge in [-0.3, -0.25) is 0 Å². The minimum absolute atomic E-state index is 0.609. The fourth-order valence-corrected chi connectivity index (χ4v) is 21.1. The van der Waals surface area contributed by atoms with Gasteiger partial charge in [-0.25, -0.2) is 15.0 Å². The highest BCUT2D eigenvalue weighted by Gasteiger charge is 2.24. The van der Waals surface area contributed by atoms with Gasteiger partial charge in [0.15, 0.2) is 17.5 Å². The molecule has 28 aromatic rings. The van der Waals surface area contributed by atoms with Gasteiger partial charge in [0, 0.05) is 115 Å². The summed E-state index contributed by atoms with van der Waals surface area (Å²) in [4.78, 5) is 16.0. The van der Waals surface area contributed by atoms with Crippen LogP contribution in [0.15, 0.2) is 516 Å². The van der Waals surface area contributed by atoms with E-state index in [1.54, 1.807) is 0 Å². The third kappa shape index (κ3) is 14.0. The van der Waals surface area contributed by atoms with Crippen LogP contribution in [0.2, 0.25) is 0 Å². The molecule has 0 fully saturated rings. The minimum Gasteiger partial charge on any atom is -0.309 e. The molecule has 28 rings (SSSR count). The summed E-state index contributed by atoms with van der Waals surface area (Å²) in [6.45, 7) is 0. The molecule has 7 heterocycles. The molecule has 0 radical (unpaired) electrons. The van der Waals surface area contributed by atoms with Crippen LogP contribution in [0.1, 0.15) is 0 Å². The minimum atomic E-state index is 0.609. The second-order valence-electron chi connectivity index (χ2n) is 35.4. The molecule has 21 aromatic carbocycles. The largest absolute Gasteiger partial charge is 0.309 e. The molecule has 9 nitrogen and oxygen atoms in total. The fourth-order valence-electron chi connectivity index (χ4n) is 21.1. The summed E-state index contributed by atoms with van der Waals surface area (Å²) in [7, 11) is 0. The molecule has 0 amide bonds. The Kier molecular flexibility index (Phi) is 19.7. The van der Waals surface area contributed by atoms with E-state index >= 15 is 0 Å². The van der Waals surface area contributed by atoms with Crippen molar-refractivity contribution in [2.24, 2.45) is 0 Å². The maximum absolute atomic E-state index is 5.34. The van der Waals surface area contributed by atoms with Crippen molar-refractivity contribution in [1.82, 2.24) is 42.4 Å². The Hall–Kier alpha value is -18.6. The van der Waals surface area contributed by atoms with E-state index in [0.717, 1.165) is 72.2 Å². The Morgan fingerprint density at radius 2 is 0.297 bits per heavy atom. The van der Waals surface area contributed by atoms with Crippen LogP contribution in [0.3, 0.4) is 0 Å². The number of rotatable bonds is 13. The number of aromatic nitrogens is 9. The van der Waals surface area contributed by atoms with Crippen LogP contribution in [-0.2, 0) is 0 Å². The lowest BCUT2D eigenvalue weighted by Crippen LogP contribution is -2.01. The van der Waals surface area contributed by atoms with E-state index in [9.17, 15) is 0 Å². The standard InChI is InChI=1S/C57H36N6.C36H24N2.C36H25N/c1-4-16-40(17-5-1)61-51-27-15-12-24-45(51)48-34-37(30-33-52(48)61)55-58-56(38-28-31-46-43-22-10-13-25-49(43)62(53(46)35-38)41-18-6-2-7-19-41)60-57(59-55)39-29-32-47-44-23-11-14-26-50(44)63(54(47)36-39)42-20-8-3-9-21-42;1-5-19-33-29(15-1)30-16-2-6-20-34(30)37(33)27-13-9-11-25(23-27)26-12-10-14-28(24-26)38-35-21-7-3-17-31(35)32-18-4-8-22-36(32)38;1-3-12-26(13-4-1)29-22-30(27-14-5-2-6-15-27)24-31(23-29)28-16-11-17-32(25-28)37-35-20-9-7-18-33(35)34-19-8-10-21-36(34)37/h1-36H;1-24H;1-25H. The van der Waals surface area contributed by atoms with Crippen LogP contribution >= 0.6 is 0 Å². The summed E-state index contributed by atoms with van der Waals surface area (Å²) >= 11 is 0. The molecule has 0 atom stereocenters. The summed E-state index contributed by atoms with van der Waals surface area (Å²) < 4.78 is 14.2. The highest BCUT2D eigenvalue weighted by molar-refractivity contribution is 6.15. The number of fused-ring (bicyclic) bond motifs is 18. The lowest BCUT2D eigenvalue weighted by molar-refractivity contribution is 1.07. The SMILES string of the molecule is c1cc(-c2cccc(-n3c4ccccc4c4ccccc43)c2)cc(-n2c3ccccc3c3ccccc32)c1.c1ccc(-c2cc(-c3ccccc3)cc(-c3cccc(-n4c5ccccc5c5ccccc54)c3)c2)cc1.c1ccc(-n2c3ccccc3c3cc(-c4nc(-c5ccc6c7ccccc7n(-c7ccccc7)c6c5)nc(-c5ccc6c7ccccc7n(-c7ccccc7)c6c5)n4)ccc32)cc1. The molecule has 0 spiro atoms. The van der Waals surface area contributed by atoms with Gasteiger partial charge in [-0.15, -0.1) is 0 Å². The Morgan fingerprint density at radius 3 is 0.594 bits per heavy atom. The van der Waals surface area contributed by atoms with Gasteiger partial charge in [-0.05, 0) is 220 Å². The molecular formula is C129H85N9. The molecule has 0 aliphatic heterocycles. The van der Waals surface area contributed by atoms with Crippen molar-refractivity contribution in [2.75, 3.05) is 0 Å². The number of hydrogen-bond acceptors (Lipinski definition) is 3. The van der Waals surface area contributed by atoms with Crippen LogP contribution < -0.4 is 0 Å². The first-order valence-electron chi connectivity index (χ1n) is 47.0. The predicted molar refractivity (Wildman–Crippen MR) is 577 cm³/mol. The van der Waals surface area contributed by atoms with Gasteiger partial charge in [0.05, 0.1) is 66.2 Å². The molecule has 0 unspecified atom stereocenters. The van der Waals surface area contributed by atoms with Crippen LogP contribution in [0, 0.1) is 0 Å². The van der Waals surface area contributed by atoms with E-state index in [2.05, 4.69) is 543 Å². The highest BCUT2D eigenvalue weighted by atomic mass is 15.1. The van der Waals surface area contributed by atoms with Crippen molar-refractivity contribution in [1.29, 1.82) is 0 Å². The quantitative estimate of drug-likeness (QED) is 0.116. The van der Waals surface area contributed by atoms with Gasteiger partial charge in [0.1, 0.15) is 0 Å². The van der Waals surface area contributed by atoms with E-state index in [4.69, 9.17) is 15.0 Å². The molecule has 0 saturated heterocycles. The van der Waals surface area contributed by atoms with Gasteiger partial charge in [-0.2, -0.15) is 0 Å². The monoisotopic (exact) mass is 1760 g/mol. The average Bonchev–Trinajstić information content (AvgIpc) is 1.19. The Balaban J connectivity index is 0.000000113. The van der Waals surface area contributed by atoms with E-state index < -0.39 is 0 Å². The van der Waals surface area contributed by atoms with Crippen molar-refractivity contribution in [3.05, 3.63) is 516 Å². The van der Waals surface area contributed by atoms with Crippen LogP contribution in [0.25, 0.3) is 244 Å². The maximum atomic E-state index is 5.34. The Morgan fingerprint density at radius 1 is 0.101 bits per heavy atom. The average molecular weight is 1760 g/mol. The maximum Gasteiger partial charge on any atom is 0.164 e. The van der Waals surface area contributed by atoms with E-state index in [1.807, 2.05) is 0 Å². The zero-order chi connectivity index (χ0) is 91.1. The first-order chi connectivity index (χ1) is 68.5. The number of nitrogens with zero attached hydrogens (tertiary/aromatic N) is 9. The molecule has 0 bridgehead atoms. The van der Waals surface area contributed by atoms with E-state index in [0.29, 0.717) is 17.5 Å². The van der Waals surface area contributed by atoms with E-state index in [-0.39, 0.29) is 0 Å². The van der Waals surface area contributed by atoms with Crippen molar-refractivity contribution in [3.63, 3.8) is 0 Å². The molecule has 9 heteroatoms. The number of hydrogen-bond donors (Lipinski definition) is 0. The zero-order valence-electron chi connectivity index (χ0n) is 75.1. The zero-order valence-corrected chi connectivity index (χ0v) is 75.1. The number of benzene rings is 21. The number of para-hydroxylation sites is 12. The second kappa shape index (κ2) is 33.9.